The number of carbonyl (C=O) groups is 1. The molecule has 1 aliphatic rings. The first kappa shape index (κ1) is 15.3. The van der Waals surface area contributed by atoms with Crippen LogP contribution in [0.2, 0.25) is 5.02 Å². The van der Waals surface area contributed by atoms with Crippen LogP contribution in [-0.2, 0) is 9.53 Å². The summed E-state index contributed by atoms with van der Waals surface area (Å²) in [5.74, 6) is 0.112. The predicted octanol–water partition coefficient (Wildman–Crippen LogP) is 2.27. The van der Waals surface area contributed by atoms with E-state index in [9.17, 15) is 4.79 Å². The maximum absolute atomic E-state index is 12.2. The van der Waals surface area contributed by atoms with Crippen LogP contribution in [0.4, 0.5) is 0 Å². The summed E-state index contributed by atoms with van der Waals surface area (Å²) in [5, 5.41) is 3.65. The van der Waals surface area contributed by atoms with Gasteiger partial charge in [-0.05, 0) is 43.4 Å². The molecule has 0 bridgehead atoms. The molecule has 1 fully saturated rings. The second-order valence-electron chi connectivity index (χ2n) is 5.26. The lowest BCUT2D eigenvalue weighted by Gasteiger charge is -2.27. The first-order chi connectivity index (χ1) is 9.58. The van der Waals surface area contributed by atoms with Crippen LogP contribution in [0.15, 0.2) is 24.3 Å². The molecule has 0 radical (unpaired) electrons. The molecule has 1 aromatic carbocycles. The Kier molecular flexibility index (Phi) is 5.40. The highest BCUT2D eigenvalue weighted by atomic mass is 35.5. The van der Waals surface area contributed by atoms with Gasteiger partial charge >= 0.3 is 0 Å². The summed E-state index contributed by atoms with van der Waals surface area (Å²) in [6.07, 6.45) is 1.70. The average molecular weight is 297 g/mol. The average Bonchev–Trinajstić information content (AvgIpc) is 2.48. The van der Waals surface area contributed by atoms with Crippen molar-refractivity contribution in [3.8, 4) is 0 Å². The van der Waals surface area contributed by atoms with Crippen LogP contribution in [0, 0.1) is 5.92 Å². The summed E-state index contributed by atoms with van der Waals surface area (Å²) in [6, 6.07) is 6.91. The quantitative estimate of drug-likeness (QED) is 0.896. The Balaban J connectivity index is 1.91. The summed E-state index contributed by atoms with van der Waals surface area (Å²) < 4.78 is 5.29. The summed E-state index contributed by atoms with van der Waals surface area (Å²) in [7, 11) is 0. The van der Waals surface area contributed by atoms with Gasteiger partial charge in [-0.2, -0.15) is 0 Å². The van der Waals surface area contributed by atoms with E-state index in [2.05, 4.69) is 5.32 Å². The number of amides is 1. The molecule has 0 aliphatic carbocycles. The molecule has 0 saturated carbocycles. The summed E-state index contributed by atoms with van der Waals surface area (Å²) in [6.45, 7) is 3.33. The van der Waals surface area contributed by atoms with Gasteiger partial charge in [0.1, 0.15) is 0 Å². The molecule has 1 amide bonds. The van der Waals surface area contributed by atoms with Gasteiger partial charge in [-0.15, -0.1) is 0 Å². The standard InChI is InChI=1S/C15H21ClN2O2/c1-10(11-2-4-13(16)5-3-11)18-15(19)14(17)12-6-8-20-9-7-12/h2-5,10,12,14H,6-9,17H2,1H3,(H,18,19). The number of carbonyl (C=O) groups excluding carboxylic acids is 1. The van der Waals surface area contributed by atoms with E-state index in [0.717, 1.165) is 18.4 Å². The molecule has 110 valence electrons. The number of benzene rings is 1. The molecule has 1 heterocycles. The first-order valence-corrected chi connectivity index (χ1v) is 7.35. The van der Waals surface area contributed by atoms with E-state index in [4.69, 9.17) is 22.1 Å². The van der Waals surface area contributed by atoms with Gasteiger partial charge in [-0.3, -0.25) is 4.79 Å². The molecular weight excluding hydrogens is 276 g/mol. The van der Waals surface area contributed by atoms with Crippen LogP contribution in [0.1, 0.15) is 31.4 Å². The highest BCUT2D eigenvalue weighted by molar-refractivity contribution is 6.30. The van der Waals surface area contributed by atoms with Crippen molar-refractivity contribution in [3.05, 3.63) is 34.9 Å². The Morgan fingerprint density at radius 3 is 2.55 bits per heavy atom. The number of ether oxygens (including phenoxy) is 1. The second-order valence-corrected chi connectivity index (χ2v) is 5.69. The van der Waals surface area contributed by atoms with Crippen molar-refractivity contribution >= 4 is 17.5 Å². The van der Waals surface area contributed by atoms with Gasteiger partial charge in [0.25, 0.3) is 0 Å². The topological polar surface area (TPSA) is 64.4 Å². The Bertz CT molecular complexity index is 444. The SMILES string of the molecule is CC(NC(=O)C(N)C1CCOCC1)c1ccc(Cl)cc1. The molecule has 0 spiro atoms. The normalized spacial score (nSPS) is 19.4. The van der Waals surface area contributed by atoms with E-state index < -0.39 is 6.04 Å². The number of halogens is 1. The number of rotatable bonds is 4. The number of hydrogen-bond acceptors (Lipinski definition) is 3. The van der Waals surface area contributed by atoms with E-state index in [-0.39, 0.29) is 17.9 Å². The molecule has 2 atom stereocenters. The van der Waals surface area contributed by atoms with Crippen molar-refractivity contribution in [2.75, 3.05) is 13.2 Å². The highest BCUT2D eigenvalue weighted by Gasteiger charge is 2.27. The molecule has 5 heteroatoms. The highest BCUT2D eigenvalue weighted by Crippen LogP contribution is 2.20. The molecular formula is C15H21ClN2O2. The zero-order valence-electron chi connectivity index (χ0n) is 11.6. The van der Waals surface area contributed by atoms with Crippen LogP contribution in [-0.4, -0.2) is 25.2 Å². The van der Waals surface area contributed by atoms with Gasteiger partial charge in [0.15, 0.2) is 0 Å². The third-order valence-electron chi connectivity index (χ3n) is 3.81. The zero-order chi connectivity index (χ0) is 14.5. The van der Waals surface area contributed by atoms with Crippen molar-refractivity contribution in [1.29, 1.82) is 0 Å². The number of nitrogens with one attached hydrogen (secondary N) is 1. The fraction of sp³-hybridized carbons (Fsp3) is 0.533. The smallest absolute Gasteiger partial charge is 0.237 e. The first-order valence-electron chi connectivity index (χ1n) is 6.97. The predicted molar refractivity (Wildman–Crippen MR) is 79.5 cm³/mol. The summed E-state index contributed by atoms with van der Waals surface area (Å²) >= 11 is 5.85. The minimum absolute atomic E-state index is 0.0781. The van der Waals surface area contributed by atoms with Crippen molar-refractivity contribution in [2.24, 2.45) is 11.7 Å². The number of hydrogen-bond donors (Lipinski definition) is 2. The lowest BCUT2D eigenvalue weighted by Crippen LogP contribution is -2.47. The van der Waals surface area contributed by atoms with Gasteiger partial charge in [-0.25, -0.2) is 0 Å². The fourth-order valence-corrected chi connectivity index (χ4v) is 2.56. The van der Waals surface area contributed by atoms with Crippen molar-refractivity contribution in [2.45, 2.75) is 31.8 Å². The molecule has 3 N–H and O–H groups in total. The summed E-state index contributed by atoms with van der Waals surface area (Å²) in [4.78, 5) is 12.2. The monoisotopic (exact) mass is 296 g/mol. The van der Waals surface area contributed by atoms with Gasteiger partial charge in [0, 0.05) is 18.2 Å². The van der Waals surface area contributed by atoms with Crippen LogP contribution in [0.25, 0.3) is 0 Å². The van der Waals surface area contributed by atoms with E-state index in [1.54, 1.807) is 0 Å². The van der Waals surface area contributed by atoms with Crippen molar-refractivity contribution in [1.82, 2.24) is 5.32 Å². The van der Waals surface area contributed by atoms with Crippen LogP contribution >= 0.6 is 11.6 Å². The lowest BCUT2D eigenvalue weighted by molar-refractivity contribution is -0.125. The van der Waals surface area contributed by atoms with Gasteiger partial charge in [-0.1, -0.05) is 23.7 Å². The van der Waals surface area contributed by atoms with Gasteiger partial charge in [0.2, 0.25) is 5.91 Å². The molecule has 1 saturated heterocycles. The third kappa shape index (κ3) is 3.95. The van der Waals surface area contributed by atoms with E-state index in [0.29, 0.717) is 18.2 Å². The maximum atomic E-state index is 12.2. The molecule has 2 rings (SSSR count). The molecule has 2 unspecified atom stereocenters. The maximum Gasteiger partial charge on any atom is 0.237 e. The molecule has 4 nitrogen and oxygen atoms in total. The van der Waals surface area contributed by atoms with Crippen molar-refractivity contribution in [3.63, 3.8) is 0 Å². The van der Waals surface area contributed by atoms with E-state index >= 15 is 0 Å². The van der Waals surface area contributed by atoms with Crippen LogP contribution < -0.4 is 11.1 Å². The van der Waals surface area contributed by atoms with E-state index in [1.807, 2.05) is 31.2 Å². The fourth-order valence-electron chi connectivity index (χ4n) is 2.43. The largest absolute Gasteiger partial charge is 0.381 e. The molecule has 1 aromatic rings. The molecule has 1 aliphatic heterocycles. The molecule has 0 aromatic heterocycles. The zero-order valence-corrected chi connectivity index (χ0v) is 12.4. The Morgan fingerprint density at radius 2 is 1.95 bits per heavy atom. The lowest BCUT2D eigenvalue weighted by atomic mass is 9.91. The van der Waals surface area contributed by atoms with Crippen molar-refractivity contribution < 1.29 is 9.53 Å². The summed E-state index contributed by atoms with van der Waals surface area (Å²) in [5.41, 5.74) is 7.07. The van der Waals surface area contributed by atoms with Gasteiger partial charge < -0.3 is 15.8 Å². The van der Waals surface area contributed by atoms with Crippen LogP contribution in [0.5, 0.6) is 0 Å². The third-order valence-corrected chi connectivity index (χ3v) is 4.06. The molecule has 20 heavy (non-hydrogen) atoms. The second kappa shape index (κ2) is 7.07. The Morgan fingerprint density at radius 1 is 1.35 bits per heavy atom. The Labute approximate surface area is 124 Å². The Hall–Kier alpha value is -1.10. The van der Waals surface area contributed by atoms with Crippen LogP contribution in [0.3, 0.4) is 0 Å². The van der Waals surface area contributed by atoms with E-state index in [1.165, 1.54) is 0 Å². The number of nitrogens with two attached hydrogens (primary N) is 1. The minimum atomic E-state index is -0.464. The minimum Gasteiger partial charge on any atom is -0.381 e. The van der Waals surface area contributed by atoms with Gasteiger partial charge in [0.05, 0.1) is 12.1 Å².